The zero-order valence-electron chi connectivity index (χ0n) is 28.3. The number of benzene rings is 4. The number of halogens is 1. The molecule has 0 saturated heterocycles. The van der Waals surface area contributed by atoms with Gasteiger partial charge in [-0.2, -0.15) is 8.42 Å². The lowest BCUT2D eigenvalue weighted by Crippen LogP contribution is -2.27. The smallest absolute Gasteiger partial charge is 0.294 e. The number of fused-ring (bicyclic) bond motifs is 1. The van der Waals surface area contributed by atoms with Crippen LogP contribution in [0.1, 0.15) is 35.5 Å². The maximum absolute atomic E-state index is 15.1. The van der Waals surface area contributed by atoms with E-state index in [9.17, 15) is 23.1 Å². The summed E-state index contributed by atoms with van der Waals surface area (Å²) in [5.74, 6) is -0.120. The fourth-order valence-corrected chi connectivity index (χ4v) is 5.65. The van der Waals surface area contributed by atoms with Gasteiger partial charge in [0.1, 0.15) is 23.7 Å². The molecule has 0 amide bonds. The van der Waals surface area contributed by atoms with Crippen LogP contribution in [-0.2, 0) is 23.6 Å². The summed E-state index contributed by atoms with van der Waals surface area (Å²) in [6.45, 7) is 5.13. The van der Waals surface area contributed by atoms with Crippen molar-refractivity contribution < 1.29 is 36.7 Å². The number of para-hydroxylation sites is 1. The van der Waals surface area contributed by atoms with Crippen molar-refractivity contribution in [2.75, 3.05) is 6.61 Å². The number of Topliss-reactive ketones (excluding diaryl/α,β-unsaturated/α-hetero) is 1. The molecule has 0 aliphatic carbocycles. The van der Waals surface area contributed by atoms with Gasteiger partial charge in [0.05, 0.1) is 21.7 Å². The van der Waals surface area contributed by atoms with E-state index in [1.165, 1.54) is 28.9 Å². The Balaban J connectivity index is 0.000000435. The highest BCUT2D eigenvalue weighted by Crippen LogP contribution is 2.32. The number of carbonyl (C=O) groups is 1. The van der Waals surface area contributed by atoms with Crippen molar-refractivity contribution in [1.29, 1.82) is 0 Å². The van der Waals surface area contributed by atoms with Gasteiger partial charge in [0.15, 0.2) is 17.3 Å². The van der Waals surface area contributed by atoms with Gasteiger partial charge in [0, 0.05) is 36.8 Å². The van der Waals surface area contributed by atoms with Gasteiger partial charge in [-0.25, -0.2) is 9.07 Å². The molecule has 0 bridgehead atoms. The Bertz CT molecular complexity index is 2350. The van der Waals surface area contributed by atoms with E-state index in [1.807, 2.05) is 18.2 Å². The lowest BCUT2D eigenvalue weighted by atomic mass is 10.0. The number of hydrogen-bond donors (Lipinski definition) is 2. The van der Waals surface area contributed by atoms with E-state index in [-0.39, 0.29) is 29.2 Å². The van der Waals surface area contributed by atoms with Gasteiger partial charge in [-0.05, 0) is 80.9 Å². The average Bonchev–Trinajstić information content (AvgIpc) is 3.32. The van der Waals surface area contributed by atoms with Crippen molar-refractivity contribution in [3.8, 4) is 22.9 Å². The van der Waals surface area contributed by atoms with Crippen LogP contribution in [0.3, 0.4) is 0 Å². The van der Waals surface area contributed by atoms with Crippen LogP contribution < -0.4 is 15.0 Å². The fourth-order valence-electron chi connectivity index (χ4n) is 5.15. The molecule has 13 heteroatoms. The summed E-state index contributed by atoms with van der Waals surface area (Å²) < 4.78 is 59.0. The maximum Gasteiger partial charge on any atom is 0.294 e. The molecule has 2 aromatic heterocycles. The van der Waals surface area contributed by atoms with Crippen molar-refractivity contribution in [2.24, 2.45) is 7.05 Å². The topological polar surface area (TPSA) is 150 Å². The highest BCUT2D eigenvalue weighted by Gasteiger charge is 2.23. The molecule has 0 saturated carbocycles. The molecule has 51 heavy (non-hydrogen) atoms. The minimum absolute atomic E-state index is 0.0154. The summed E-state index contributed by atoms with van der Waals surface area (Å²) in [6, 6.07) is 27.6. The SMILES string of the molecule is Cc1c(C(=O)Cc2ccc(Oc3ccnc4cc(OCC(C)(C)O)ccc34)c(F)c2)c(=O)n(-c2ccccc2)n1C.O=S(=O)(O)c1ccccc1. The van der Waals surface area contributed by atoms with E-state index in [1.54, 1.807) is 99.4 Å². The molecule has 264 valence electrons. The number of carbonyl (C=O) groups excluding carboxylic acids is 1. The molecule has 0 radical (unpaired) electrons. The third-order valence-corrected chi connectivity index (χ3v) is 8.59. The highest BCUT2D eigenvalue weighted by atomic mass is 32.2. The van der Waals surface area contributed by atoms with Gasteiger partial charge >= 0.3 is 0 Å². The summed E-state index contributed by atoms with van der Waals surface area (Å²) in [6.07, 6.45) is 1.41. The van der Waals surface area contributed by atoms with Crippen LogP contribution >= 0.6 is 0 Å². The third-order valence-electron chi connectivity index (χ3n) is 7.72. The Labute approximate surface area is 293 Å². The molecular formula is C38H36FN3O8S. The Morgan fingerprint density at radius 1 is 0.922 bits per heavy atom. The number of ketones is 1. The largest absolute Gasteiger partial charge is 0.491 e. The number of aromatic nitrogens is 3. The first-order valence-corrected chi connectivity index (χ1v) is 17.2. The van der Waals surface area contributed by atoms with E-state index < -0.39 is 32.9 Å². The van der Waals surface area contributed by atoms with Crippen LogP contribution in [0.4, 0.5) is 4.39 Å². The lowest BCUT2D eigenvalue weighted by Gasteiger charge is -2.18. The Hall–Kier alpha value is -5.63. The van der Waals surface area contributed by atoms with E-state index in [2.05, 4.69) is 4.98 Å². The van der Waals surface area contributed by atoms with Crippen LogP contribution in [0.25, 0.3) is 16.6 Å². The minimum Gasteiger partial charge on any atom is -0.491 e. The van der Waals surface area contributed by atoms with Crippen molar-refractivity contribution in [1.82, 2.24) is 14.3 Å². The Morgan fingerprint density at radius 2 is 1.59 bits per heavy atom. The van der Waals surface area contributed by atoms with Gasteiger partial charge in [0.2, 0.25) is 0 Å². The van der Waals surface area contributed by atoms with E-state index >= 15 is 4.39 Å². The number of ether oxygens (including phenoxy) is 2. The second-order valence-corrected chi connectivity index (χ2v) is 13.7. The number of aliphatic hydroxyl groups is 1. The van der Waals surface area contributed by atoms with Gasteiger partial charge in [-0.15, -0.1) is 0 Å². The molecular weight excluding hydrogens is 677 g/mol. The fraction of sp³-hybridized carbons (Fsp3) is 0.184. The summed E-state index contributed by atoms with van der Waals surface area (Å²) in [5.41, 5.74) is 0.854. The molecule has 11 nitrogen and oxygen atoms in total. The van der Waals surface area contributed by atoms with Crippen LogP contribution in [0.2, 0.25) is 0 Å². The summed E-state index contributed by atoms with van der Waals surface area (Å²) >= 11 is 0. The standard InChI is InChI=1S/C32H30FN3O5.C6H6O3S/c1-20-30(31(38)36(35(20)4)22-8-6-5-7-9-22)27(37)17-21-10-13-29(25(33)16-21)41-28-14-15-34-26-18-23(11-12-24(26)28)40-19-32(2,3)39;7-10(8,9)6-4-2-1-3-5-6/h5-16,18,39H,17,19H2,1-4H3;1-5H,(H,7,8,9). The molecule has 0 aliphatic heterocycles. The Kier molecular flexibility index (Phi) is 10.8. The lowest BCUT2D eigenvalue weighted by molar-refractivity contribution is 0.0285. The molecule has 2 N–H and O–H groups in total. The molecule has 0 unspecified atom stereocenters. The zero-order chi connectivity index (χ0) is 36.9. The third kappa shape index (κ3) is 8.94. The second-order valence-electron chi connectivity index (χ2n) is 12.3. The minimum atomic E-state index is -4.00. The van der Waals surface area contributed by atoms with Crippen molar-refractivity contribution in [2.45, 2.75) is 37.7 Å². The first-order chi connectivity index (χ1) is 24.1. The highest BCUT2D eigenvalue weighted by molar-refractivity contribution is 7.85. The van der Waals surface area contributed by atoms with Gasteiger partial charge in [-0.1, -0.05) is 42.5 Å². The molecule has 0 spiro atoms. The Morgan fingerprint density at radius 3 is 2.20 bits per heavy atom. The van der Waals surface area contributed by atoms with Crippen molar-refractivity contribution >= 4 is 26.8 Å². The van der Waals surface area contributed by atoms with E-state index in [0.717, 1.165) is 0 Å². The number of nitrogens with zero attached hydrogens (tertiary/aromatic N) is 3. The summed E-state index contributed by atoms with van der Waals surface area (Å²) in [7, 11) is -2.28. The van der Waals surface area contributed by atoms with Gasteiger partial charge in [-0.3, -0.25) is 23.8 Å². The zero-order valence-corrected chi connectivity index (χ0v) is 29.1. The summed E-state index contributed by atoms with van der Waals surface area (Å²) in [5, 5.41) is 10.5. The van der Waals surface area contributed by atoms with Crippen molar-refractivity contribution in [3.05, 3.63) is 142 Å². The molecule has 6 rings (SSSR count). The van der Waals surface area contributed by atoms with Crippen molar-refractivity contribution in [3.63, 3.8) is 0 Å². The number of pyridine rings is 1. The average molecular weight is 714 g/mol. The monoisotopic (exact) mass is 713 g/mol. The van der Waals surface area contributed by atoms with Gasteiger partial charge < -0.3 is 14.6 Å². The first kappa shape index (κ1) is 36.6. The number of rotatable bonds is 10. The van der Waals surface area contributed by atoms with Crippen LogP contribution in [-0.4, -0.2) is 50.4 Å². The molecule has 6 aromatic rings. The van der Waals surface area contributed by atoms with Crippen LogP contribution in [0.5, 0.6) is 17.2 Å². The number of hydrogen-bond acceptors (Lipinski definition) is 8. The normalized spacial score (nSPS) is 11.5. The molecule has 4 aromatic carbocycles. The van der Waals surface area contributed by atoms with Crippen LogP contribution in [0, 0.1) is 12.7 Å². The molecule has 0 fully saturated rings. The van der Waals surface area contributed by atoms with E-state index in [0.29, 0.717) is 39.3 Å². The van der Waals surface area contributed by atoms with Crippen LogP contribution in [0.15, 0.2) is 119 Å². The summed E-state index contributed by atoms with van der Waals surface area (Å²) in [4.78, 5) is 30.7. The van der Waals surface area contributed by atoms with E-state index in [4.69, 9.17) is 14.0 Å². The van der Waals surface area contributed by atoms with Gasteiger partial charge in [0.25, 0.3) is 15.7 Å². The molecule has 0 aliphatic rings. The maximum atomic E-state index is 15.1. The second kappa shape index (κ2) is 15.1. The quantitative estimate of drug-likeness (QED) is 0.120. The first-order valence-electron chi connectivity index (χ1n) is 15.7. The molecule has 2 heterocycles. The predicted octanol–water partition coefficient (Wildman–Crippen LogP) is 6.47. The molecule has 0 atom stereocenters. The predicted molar refractivity (Wildman–Crippen MR) is 190 cm³/mol.